The van der Waals surface area contributed by atoms with Crippen LogP contribution in [0.5, 0.6) is 0 Å². The summed E-state index contributed by atoms with van der Waals surface area (Å²) in [5, 5.41) is 0. The molecule has 0 unspecified atom stereocenters. The van der Waals surface area contributed by atoms with Crippen LogP contribution in [0.25, 0.3) is 0 Å². The molecule has 14 heteroatoms. The molecule has 0 aromatic heterocycles. The van der Waals surface area contributed by atoms with Crippen LogP contribution in [0.15, 0.2) is 109 Å². The normalized spacial score (nSPS) is 12.6. The first kappa shape index (κ1) is 36.4. The molecule has 5 aromatic carbocycles. The van der Waals surface area contributed by atoms with Gasteiger partial charge in [-0.25, -0.2) is 0 Å². The molecule has 0 N–H and O–H groups in total. The zero-order valence-electron chi connectivity index (χ0n) is 26.0. The Morgan fingerprint density at radius 1 is 0.380 bits per heavy atom. The second kappa shape index (κ2) is 13.1. The lowest BCUT2D eigenvalue weighted by molar-refractivity contribution is -0.142. The molecule has 0 atom stereocenters. The molecule has 0 aliphatic carbocycles. The van der Waals surface area contributed by atoms with Gasteiger partial charge in [0.25, 0.3) is 0 Å². The van der Waals surface area contributed by atoms with Gasteiger partial charge in [0.1, 0.15) is 0 Å². The van der Waals surface area contributed by atoms with Crippen LogP contribution in [0, 0.1) is 13.8 Å². The number of hydrogen-bond donors (Lipinski definition) is 0. The van der Waals surface area contributed by atoms with E-state index in [0.29, 0.717) is 23.5 Å². The van der Waals surface area contributed by atoms with Crippen LogP contribution in [0.1, 0.15) is 33.4 Å². The fourth-order valence-electron chi connectivity index (χ4n) is 5.87. The van der Waals surface area contributed by atoms with Gasteiger partial charge in [0, 0.05) is 17.1 Å². The van der Waals surface area contributed by atoms with Gasteiger partial charge >= 0.3 is 24.7 Å². The molecule has 0 bridgehead atoms. The number of nitrogens with zero attached hydrogens (tertiary/aromatic N) is 1. The number of alkyl halides is 12. The first-order valence-electron chi connectivity index (χ1n) is 14.8. The first-order valence-corrected chi connectivity index (χ1v) is 14.8. The molecule has 5 rings (SSSR count). The molecule has 0 aliphatic heterocycles. The van der Waals surface area contributed by atoms with Gasteiger partial charge in [-0.3, -0.25) is 0 Å². The Labute approximate surface area is 278 Å². The maximum atomic E-state index is 14.5. The molecule has 260 valence electrons. The fourth-order valence-corrected chi connectivity index (χ4v) is 5.87. The quantitative estimate of drug-likeness (QED) is 0.125. The largest absolute Gasteiger partial charge is 0.415 e. The summed E-state index contributed by atoms with van der Waals surface area (Å²) in [6.07, 6.45) is -22.4. The van der Waals surface area contributed by atoms with E-state index in [0.717, 1.165) is 23.3 Å². The van der Waals surface area contributed by atoms with E-state index >= 15 is 0 Å². The molecule has 0 heterocycles. The summed E-state index contributed by atoms with van der Waals surface area (Å²) in [5.74, 6) is 0. The number of aryl methyl sites for hydroxylation is 2. The predicted molar refractivity (Wildman–Crippen MR) is 168 cm³/mol. The van der Waals surface area contributed by atoms with Gasteiger partial charge in [-0.2, -0.15) is 52.7 Å². The standard InChI is InChI=1S/C36H24BF12N/c1-21-9-15-24(16-10-21)50(25-17-11-22(2)12-18-25)26-19-13-23(14-20-26)37(31-27(33(38,39)40)5-3-6-28(31)34(41,42)43)32-29(35(44,45)46)7-4-8-30(32)36(47,48)49/h3-20H,1-2H3. The Morgan fingerprint density at radius 2 is 0.640 bits per heavy atom. The third-order valence-corrected chi connectivity index (χ3v) is 8.08. The second-order valence-electron chi connectivity index (χ2n) is 11.6. The number of anilines is 3. The number of halogens is 12. The molecule has 0 aliphatic rings. The van der Waals surface area contributed by atoms with Crippen molar-refractivity contribution in [3.63, 3.8) is 0 Å². The third-order valence-electron chi connectivity index (χ3n) is 8.08. The summed E-state index contributed by atoms with van der Waals surface area (Å²) >= 11 is 0. The van der Waals surface area contributed by atoms with Gasteiger partial charge in [0.05, 0.1) is 22.3 Å². The summed E-state index contributed by atoms with van der Waals surface area (Å²) in [4.78, 5) is 1.66. The minimum absolute atomic E-state index is 0.200. The lowest BCUT2D eigenvalue weighted by Gasteiger charge is -2.29. The zero-order valence-corrected chi connectivity index (χ0v) is 26.0. The zero-order chi connectivity index (χ0) is 36.8. The second-order valence-corrected chi connectivity index (χ2v) is 11.6. The maximum absolute atomic E-state index is 14.5. The van der Waals surface area contributed by atoms with Crippen molar-refractivity contribution >= 4 is 40.2 Å². The molecule has 0 fully saturated rings. The van der Waals surface area contributed by atoms with Crippen LogP contribution in [0.4, 0.5) is 69.7 Å². The molecule has 0 spiro atoms. The topological polar surface area (TPSA) is 3.24 Å². The van der Waals surface area contributed by atoms with Gasteiger partial charge in [-0.1, -0.05) is 89.4 Å². The molecule has 0 amide bonds. The molecule has 5 aromatic rings. The Morgan fingerprint density at radius 3 is 0.900 bits per heavy atom. The lowest BCUT2D eigenvalue weighted by atomic mass is 9.34. The Hall–Kier alpha value is -4.88. The van der Waals surface area contributed by atoms with Crippen molar-refractivity contribution < 1.29 is 52.7 Å². The predicted octanol–water partition coefficient (Wildman–Crippen LogP) is 10.4. The molecule has 0 radical (unpaired) electrons. The van der Waals surface area contributed by atoms with Gasteiger partial charge < -0.3 is 4.90 Å². The molecule has 50 heavy (non-hydrogen) atoms. The van der Waals surface area contributed by atoms with Crippen molar-refractivity contribution in [2.24, 2.45) is 0 Å². The summed E-state index contributed by atoms with van der Waals surface area (Å²) < 4.78 is 174. The van der Waals surface area contributed by atoms with Gasteiger partial charge in [0.2, 0.25) is 6.71 Å². The highest BCUT2D eigenvalue weighted by atomic mass is 19.4. The summed E-state index contributed by atoms with van der Waals surface area (Å²) in [5.41, 5.74) is -9.23. The summed E-state index contributed by atoms with van der Waals surface area (Å²) in [7, 11) is 0. The average molecular weight is 709 g/mol. The van der Waals surface area contributed by atoms with E-state index in [2.05, 4.69) is 0 Å². The van der Waals surface area contributed by atoms with Crippen LogP contribution in [0.2, 0.25) is 0 Å². The van der Waals surface area contributed by atoms with Crippen LogP contribution >= 0.6 is 0 Å². The van der Waals surface area contributed by atoms with Crippen LogP contribution in [-0.2, 0) is 24.7 Å². The van der Waals surface area contributed by atoms with Crippen molar-refractivity contribution in [2.75, 3.05) is 4.90 Å². The van der Waals surface area contributed by atoms with Crippen LogP contribution in [0.3, 0.4) is 0 Å². The minimum atomic E-state index is -5.60. The highest BCUT2D eigenvalue weighted by molar-refractivity contribution is 6.96. The van der Waals surface area contributed by atoms with E-state index in [4.69, 9.17) is 0 Å². The van der Waals surface area contributed by atoms with E-state index < -0.39 is 70.1 Å². The SMILES string of the molecule is Cc1ccc(N(c2ccc(C)cc2)c2ccc(B(c3c(C(F)(F)F)cccc3C(F)(F)F)c3c(C(F)(F)F)cccc3C(F)(F)F)cc2)cc1. The average Bonchev–Trinajstić information content (AvgIpc) is 3.02. The van der Waals surface area contributed by atoms with Gasteiger partial charge in [-0.15, -0.1) is 0 Å². The van der Waals surface area contributed by atoms with Gasteiger partial charge in [0.15, 0.2) is 0 Å². The number of benzene rings is 5. The molecule has 0 saturated carbocycles. The van der Waals surface area contributed by atoms with E-state index in [-0.39, 0.29) is 30.0 Å². The van der Waals surface area contributed by atoms with Crippen molar-refractivity contribution in [1.82, 2.24) is 0 Å². The monoisotopic (exact) mass is 709 g/mol. The summed E-state index contributed by atoms with van der Waals surface area (Å²) in [6.45, 7) is 0.827. The smallest absolute Gasteiger partial charge is 0.311 e. The van der Waals surface area contributed by atoms with E-state index in [1.807, 2.05) is 13.8 Å². The molecular formula is C36H24BF12N. The Kier molecular flexibility index (Phi) is 9.54. The molecular weight excluding hydrogens is 685 g/mol. The van der Waals surface area contributed by atoms with Gasteiger partial charge in [-0.05, 0) is 61.2 Å². The third kappa shape index (κ3) is 7.48. The van der Waals surface area contributed by atoms with Crippen molar-refractivity contribution in [3.05, 3.63) is 143 Å². The summed E-state index contributed by atoms with van der Waals surface area (Å²) in [6, 6.07) is 20.0. The Bertz CT molecular complexity index is 1770. The van der Waals surface area contributed by atoms with Crippen molar-refractivity contribution in [1.29, 1.82) is 0 Å². The minimum Gasteiger partial charge on any atom is -0.311 e. The number of hydrogen-bond acceptors (Lipinski definition) is 1. The van der Waals surface area contributed by atoms with Crippen molar-refractivity contribution in [3.8, 4) is 0 Å². The maximum Gasteiger partial charge on any atom is 0.415 e. The highest BCUT2D eigenvalue weighted by Crippen LogP contribution is 2.39. The van der Waals surface area contributed by atoms with E-state index in [1.54, 1.807) is 53.4 Å². The fraction of sp³-hybridized carbons (Fsp3) is 0.167. The highest BCUT2D eigenvalue weighted by Gasteiger charge is 2.49. The van der Waals surface area contributed by atoms with Crippen molar-refractivity contribution in [2.45, 2.75) is 38.6 Å². The Balaban J connectivity index is 1.87. The van der Waals surface area contributed by atoms with Crippen LogP contribution in [-0.4, -0.2) is 6.71 Å². The first-order chi connectivity index (χ1) is 23.2. The van der Waals surface area contributed by atoms with E-state index in [1.165, 1.54) is 12.1 Å². The molecule has 1 nitrogen and oxygen atoms in total. The van der Waals surface area contributed by atoms with Crippen LogP contribution < -0.4 is 21.3 Å². The number of rotatable bonds is 6. The lowest BCUT2D eigenvalue weighted by Crippen LogP contribution is -2.59. The molecule has 0 saturated heterocycles. The van der Waals surface area contributed by atoms with E-state index in [9.17, 15) is 52.7 Å².